The number of fused-ring (bicyclic) bond motifs is 1. The first kappa shape index (κ1) is 20.2. The van der Waals surface area contributed by atoms with E-state index in [2.05, 4.69) is 12.1 Å². The van der Waals surface area contributed by atoms with Crippen LogP contribution >= 0.6 is 0 Å². The van der Waals surface area contributed by atoms with Crippen molar-refractivity contribution in [2.75, 3.05) is 11.4 Å². The summed E-state index contributed by atoms with van der Waals surface area (Å²) in [5, 5.41) is 0. The van der Waals surface area contributed by atoms with E-state index in [1.807, 2.05) is 49.1 Å². The maximum Gasteiger partial charge on any atom is 0.282 e. The van der Waals surface area contributed by atoms with Gasteiger partial charge in [0.05, 0.1) is 11.3 Å². The Morgan fingerprint density at radius 1 is 0.844 bits per heavy atom. The van der Waals surface area contributed by atoms with E-state index < -0.39 is 0 Å². The van der Waals surface area contributed by atoms with Crippen LogP contribution in [0.3, 0.4) is 0 Å². The summed E-state index contributed by atoms with van der Waals surface area (Å²) in [5.74, 6) is -1.09. The van der Waals surface area contributed by atoms with Gasteiger partial charge in [-0.15, -0.1) is 0 Å². The molecule has 160 valence electrons. The van der Waals surface area contributed by atoms with E-state index >= 15 is 0 Å². The van der Waals surface area contributed by atoms with Crippen molar-refractivity contribution in [2.24, 2.45) is 0 Å². The molecule has 0 fully saturated rings. The second kappa shape index (κ2) is 7.75. The molecule has 2 aliphatic heterocycles. The second-order valence-electron chi connectivity index (χ2n) is 8.41. The number of carbonyl (C=O) groups is 2. The number of imide groups is 1. The lowest BCUT2D eigenvalue weighted by Gasteiger charge is -2.31. The number of hydrogen-bond donors (Lipinski definition) is 0. The van der Waals surface area contributed by atoms with Gasteiger partial charge in [0.2, 0.25) is 0 Å². The highest BCUT2D eigenvalue weighted by molar-refractivity contribution is 6.45. The number of amides is 2. The molecule has 32 heavy (non-hydrogen) atoms. The van der Waals surface area contributed by atoms with Crippen LogP contribution in [0.4, 0.5) is 10.1 Å². The Kier molecular flexibility index (Phi) is 4.89. The third-order valence-electron chi connectivity index (χ3n) is 6.23. The number of anilines is 1. The van der Waals surface area contributed by atoms with Crippen LogP contribution in [0.15, 0.2) is 72.4 Å². The SMILES string of the molecule is Cc1ccc(N2C(=O)C(c3ccc(F)cc3)=C(N3CCc4ccccc4C3)C2=O)c(C)c1. The topological polar surface area (TPSA) is 40.6 Å². The molecular formula is C27H23FN2O2. The summed E-state index contributed by atoms with van der Waals surface area (Å²) in [6, 6.07) is 19.6. The highest BCUT2D eigenvalue weighted by atomic mass is 19.1. The van der Waals surface area contributed by atoms with Gasteiger partial charge < -0.3 is 4.90 Å². The lowest BCUT2D eigenvalue weighted by atomic mass is 9.98. The molecule has 0 aromatic heterocycles. The van der Waals surface area contributed by atoms with Gasteiger partial charge >= 0.3 is 0 Å². The van der Waals surface area contributed by atoms with Gasteiger partial charge in [-0.1, -0.05) is 54.1 Å². The Labute approximate surface area is 186 Å². The largest absolute Gasteiger partial charge is 0.362 e. The van der Waals surface area contributed by atoms with E-state index in [9.17, 15) is 14.0 Å². The first-order valence-electron chi connectivity index (χ1n) is 10.7. The van der Waals surface area contributed by atoms with Gasteiger partial charge in [-0.3, -0.25) is 9.59 Å². The van der Waals surface area contributed by atoms with Crippen LogP contribution < -0.4 is 4.90 Å². The van der Waals surface area contributed by atoms with Crippen molar-refractivity contribution in [3.63, 3.8) is 0 Å². The summed E-state index contributed by atoms with van der Waals surface area (Å²) >= 11 is 0. The molecule has 0 radical (unpaired) electrons. The lowest BCUT2D eigenvalue weighted by Crippen LogP contribution is -2.37. The Hall–Kier alpha value is -3.73. The number of hydrogen-bond acceptors (Lipinski definition) is 3. The van der Waals surface area contributed by atoms with E-state index in [0.29, 0.717) is 35.6 Å². The van der Waals surface area contributed by atoms with E-state index in [1.54, 1.807) is 12.1 Å². The number of benzene rings is 3. The van der Waals surface area contributed by atoms with E-state index in [4.69, 9.17) is 0 Å². The molecule has 4 nitrogen and oxygen atoms in total. The summed E-state index contributed by atoms with van der Waals surface area (Å²) in [7, 11) is 0. The highest BCUT2D eigenvalue weighted by Gasteiger charge is 2.43. The molecule has 3 aromatic carbocycles. The molecule has 0 saturated heterocycles. The van der Waals surface area contributed by atoms with Gasteiger partial charge in [-0.2, -0.15) is 0 Å². The van der Waals surface area contributed by atoms with Crippen LogP contribution in [0.25, 0.3) is 5.57 Å². The van der Waals surface area contributed by atoms with E-state index in [0.717, 1.165) is 23.1 Å². The Bertz CT molecular complexity index is 1280. The van der Waals surface area contributed by atoms with Crippen molar-refractivity contribution in [3.05, 3.63) is 106 Å². The van der Waals surface area contributed by atoms with Crippen LogP contribution in [0, 0.1) is 19.7 Å². The van der Waals surface area contributed by atoms with Crippen molar-refractivity contribution >= 4 is 23.1 Å². The standard InChI is InChI=1S/C27H23FN2O2/c1-17-7-12-23(18(2)15-17)30-26(31)24(20-8-10-22(28)11-9-20)25(27(30)32)29-14-13-19-5-3-4-6-21(19)16-29/h3-12,15H,13-14,16H2,1-2H3. The van der Waals surface area contributed by atoms with Crippen LogP contribution in [-0.2, 0) is 22.6 Å². The number of halogens is 1. The lowest BCUT2D eigenvalue weighted by molar-refractivity contribution is -0.120. The van der Waals surface area contributed by atoms with Crippen molar-refractivity contribution in [1.29, 1.82) is 0 Å². The third-order valence-corrected chi connectivity index (χ3v) is 6.23. The van der Waals surface area contributed by atoms with Gasteiger partial charge in [0.1, 0.15) is 11.5 Å². The molecule has 0 aliphatic carbocycles. The van der Waals surface area contributed by atoms with Crippen LogP contribution in [0.5, 0.6) is 0 Å². The molecule has 0 N–H and O–H groups in total. The fourth-order valence-electron chi connectivity index (χ4n) is 4.65. The molecule has 2 amide bonds. The van der Waals surface area contributed by atoms with Gasteiger partial charge in [-0.25, -0.2) is 9.29 Å². The molecule has 0 bridgehead atoms. The van der Waals surface area contributed by atoms with Crippen molar-refractivity contribution < 1.29 is 14.0 Å². The predicted molar refractivity (Wildman–Crippen MR) is 122 cm³/mol. The highest BCUT2D eigenvalue weighted by Crippen LogP contribution is 2.38. The minimum Gasteiger partial charge on any atom is -0.362 e. The molecule has 5 rings (SSSR count). The molecule has 0 saturated carbocycles. The van der Waals surface area contributed by atoms with Gasteiger partial charge in [0.15, 0.2) is 0 Å². The maximum absolute atomic E-state index is 13.7. The quantitative estimate of drug-likeness (QED) is 0.566. The zero-order valence-electron chi connectivity index (χ0n) is 18.1. The van der Waals surface area contributed by atoms with Crippen LogP contribution in [0.1, 0.15) is 27.8 Å². The zero-order chi connectivity index (χ0) is 22.4. The van der Waals surface area contributed by atoms with Crippen LogP contribution in [-0.4, -0.2) is 23.3 Å². The molecule has 2 aliphatic rings. The normalized spacial score (nSPS) is 16.1. The number of rotatable bonds is 3. The number of carbonyl (C=O) groups excluding carboxylic acids is 2. The molecule has 0 atom stereocenters. The fourth-order valence-corrected chi connectivity index (χ4v) is 4.65. The summed E-state index contributed by atoms with van der Waals surface area (Å²) in [4.78, 5) is 30.7. The Balaban J connectivity index is 1.63. The van der Waals surface area contributed by atoms with Crippen molar-refractivity contribution in [1.82, 2.24) is 4.90 Å². The molecular weight excluding hydrogens is 403 g/mol. The zero-order valence-corrected chi connectivity index (χ0v) is 18.1. The third kappa shape index (κ3) is 3.30. The van der Waals surface area contributed by atoms with E-state index in [1.165, 1.54) is 22.6 Å². The second-order valence-corrected chi connectivity index (χ2v) is 8.41. The summed E-state index contributed by atoms with van der Waals surface area (Å²) in [6.45, 7) is 5.06. The van der Waals surface area contributed by atoms with Gasteiger partial charge in [0.25, 0.3) is 11.8 Å². The minimum atomic E-state index is -0.384. The first-order chi connectivity index (χ1) is 15.4. The molecule has 0 spiro atoms. The first-order valence-corrected chi connectivity index (χ1v) is 10.7. The van der Waals surface area contributed by atoms with Crippen molar-refractivity contribution in [2.45, 2.75) is 26.8 Å². The molecule has 0 unspecified atom stereocenters. The smallest absolute Gasteiger partial charge is 0.282 e. The number of aryl methyl sites for hydroxylation is 2. The summed E-state index contributed by atoms with van der Waals surface area (Å²) < 4.78 is 13.6. The Morgan fingerprint density at radius 2 is 1.56 bits per heavy atom. The molecule has 2 heterocycles. The summed E-state index contributed by atoms with van der Waals surface area (Å²) in [6.07, 6.45) is 0.793. The van der Waals surface area contributed by atoms with E-state index in [-0.39, 0.29) is 17.6 Å². The monoisotopic (exact) mass is 426 g/mol. The predicted octanol–water partition coefficient (Wildman–Crippen LogP) is 4.79. The summed E-state index contributed by atoms with van der Waals surface area (Å²) in [5.41, 5.74) is 6.17. The van der Waals surface area contributed by atoms with Gasteiger partial charge in [0, 0.05) is 13.1 Å². The molecule has 3 aromatic rings. The molecule has 5 heteroatoms. The maximum atomic E-state index is 13.7. The van der Waals surface area contributed by atoms with Crippen LogP contribution in [0.2, 0.25) is 0 Å². The fraction of sp³-hybridized carbons (Fsp3) is 0.185. The average Bonchev–Trinajstić information content (AvgIpc) is 3.04. The minimum absolute atomic E-state index is 0.328. The average molecular weight is 426 g/mol. The van der Waals surface area contributed by atoms with Gasteiger partial charge in [-0.05, 0) is 60.7 Å². The Morgan fingerprint density at radius 3 is 2.28 bits per heavy atom. The van der Waals surface area contributed by atoms with Crippen molar-refractivity contribution in [3.8, 4) is 0 Å². The number of nitrogens with zero attached hydrogens (tertiary/aromatic N) is 2.